The second-order valence-electron chi connectivity index (χ2n) is 4.92. The Hall–Kier alpha value is -1.93. The van der Waals surface area contributed by atoms with Crippen LogP contribution < -0.4 is 10.9 Å². The van der Waals surface area contributed by atoms with Gasteiger partial charge in [0.2, 0.25) is 0 Å². The molecule has 0 aliphatic heterocycles. The summed E-state index contributed by atoms with van der Waals surface area (Å²) in [5.74, 6) is 0.739. The van der Waals surface area contributed by atoms with Gasteiger partial charge < -0.3 is 14.8 Å². The fraction of sp³-hybridized carbons (Fsp3) is 0.500. The van der Waals surface area contributed by atoms with Crippen molar-refractivity contribution in [2.45, 2.75) is 13.1 Å². The lowest BCUT2D eigenvalue weighted by atomic mass is 10.4. The van der Waals surface area contributed by atoms with Gasteiger partial charge in [-0.05, 0) is 14.1 Å². The molecule has 0 fully saturated rings. The lowest BCUT2D eigenvalue weighted by Gasteiger charge is -2.12. The molecular formula is C12H18ClN7O. The van der Waals surface area contributed by atoms with Crippen LogP contribution in [-0.4, -0.2) is 50.1 Å². The fourth-order valence-corrected chi connectivity index (χ4v) is 1.90. The molecule has 2 heterocycles. The zero-order valence-electron chi connectivity index (χ0n) is 12.2. The van der Waals surface area contributed by atoms with E-state index in [1.165, 1.54) is 4.68 Å². The van der Waals surface area contributed by atoms with Crippen LogP contribution in [0.15, 0.2) is 17.3 Å². The SMILES string of the molecule is CN(C)CCn1ncc(NCc2nncn2C)c(Cl)c1=O. The third-order valence-electron chi connectivity index (χ3n) is 2.99. The highest BCUT2D eigenvalue weighted by Gasteiger charge is 2.10. The summed E-state index contributed by atoms with van der Waals surface area (Å²) in [6, 6.07) is 0. The van der Waals surface area contributed by atoms with E-state index < -0.39 is 0 Å². The van der Waals surface area contributed by atoms with Crippen molar-refractivity contribution >= 4 is 17.3 Å². The quantitative estimate of drug-likeness (QED) is 0.821. The molecule has 0 spiro atoms. The van der Waals surface area contributed by atoms with Gasteiger partial charge in [0.1, 0.15) is 11.3 Å². The van der Waals surface area contributed by atoms with Gasteiger partial charge in [-0.15, -0.1) is 10.2 Å². The highest BCUT2D eigenvalue weighted by atomic mass is 35.5. The molecule has 0 radical (unpaired) electrons. The summed E-state index contributed by atoms with van der Waals surface area (Å²) < 4.78 is 3.14. The topological polar surface area (TPSA) is 80.9 Å². The van der Waals surface area contributed by atoms with Crippen molar-refractivity contribution < 1.29 is 0 Å². The number of likely N-dealkylation sites (N-methyl/N-ethyl adjacent to an activating group) is 1. The lowest BCUT2D eigenvalue weighted by Crippen LogP contribution is -2.29. The maximum atomic E-state index is 12.1. The molecule has 2 aromatic heterocycles. The summed E-state index contributed by atoms with van der Waals surface area (Å²) in [4.78, 5) is 14.1. The van der Waals surface area contributed by atoms with E-state index >= 15 is 0 Å². The van der Waals surface area contributed by atoms with Crippen LogP contribution >= 0.6 is 11.6 Å². The smallest absolute Gasteiger partial charge is 0.287 e. The highest BCUT2D eigenvalue weighted by molar-refractivity contribution is 6.32. The van der Waals surface area contributed by atoms with Gasteiger partial charge in [0.15, 0.2) is 5.82 Å². The monoisotopic (exact) mass is 311 g/mol. The van der Waals surface area contributed by atoms with Gasteiger partial charge in [-0.1, -0.05) is 11.6 Å². The molecule has 21 heavy (non-hydrogen) atoms. The average molecular weight is 312 g/mol. The van der Waals surface area contributed by atoms with Crippen LogP contribution in [0, 0.1) is 0 Å². The van der Waals surface area contributed by atoms with E-state index in [2.05, 4.69) is 20.6 Å². The Morgan fingerprint density at radius 2 is 2.19 bits per heavy atom. The van der Waals surface area contributed by atoms with Gasteiger partial charge in [-0.2, -0.15) is 5.10 Å². The molecule has 0 atom stereocenters. The Balaban J connectivity index is 2.09. The number of hydrogen-bond donors (Lipinski definition) is 1. The number of aryl methyl sites for hydroxylation is 1. The number of aromatic nitrogens is 5. The van der Waals surface area contributed by atoms with E-state index in [4.69, 9.17) is 11.6 Å². The number of nitrogens with zero attached hydrogens (tertiary/aromatic N) is 6. The minimum absolute atomic E-state index is 0.130. The summed E-state index contributed by atoms with van der Waals surface area (Å²) in [5.41, 5.74) is 0.187. The molecule has 0 unspecified atom stereocenters. The molecule has 0 aliphatic rings. The number of anilines is 1. The summed E-state index contributed by atoms with van der Waals surface area (Å²) in [5, 5.41) is 15.0. The molecule has 0 saturated heterocycles. The van der Waals surface area contributed by atoms with Crippen molar-refractivity contribution in [1.29, 1.82) is 0 Å². The first-order chi connectivity index (χ1) is 9.99. The maximum Gasteiger partial charge on any atom is 0.287 e. The Kier molecular flexibility index (Phi) is 4.92. The number of hydrogen-bond acceptors (Lipinski definition) is 6. The summed E-state index contributed by atoms with van der Waals surface area (Å²) >= 11 is 6.10. The van der Waals surface area contributed by atoms with Crippen molar-refractivity contribution in [3.8, 4) is 0 Å². The largest absolute Gasteiger partial charge is 0.375 e. The van der Waals surface area contributed by atoms with Crippen LogP contribution in [0.1, 0.15) is 5.82 Å². The van der Waals surface area contributed by atoms with E-state index in [1.54, 1.807) is 17.1 Å². The van der Waals surface area contributed by atoms with Crippen molar-refractivity contribution in [3.05, 3.63) is 33.7 Å². The van der Waals surface area contributed by atoms with Crippen LogP contribution in [0.3, 0.4) is 0 Å². The van der Waals surface area contributed by atoms with E-state index in [-0.39, 0.29) is 10.6 Å². The van der Waals surface area contributed by atoms with Crippen molar-refractivity contribution in [2.75, 3.05) is 26.0 Å². The van der Waals surface area contributed by atoms with Crippen LogP contribution in [0.5, 0.6) is 0 Å². The van der Waals surface area contributed by atoms with Crippen LogP contribution in [-0.2, 0) is 20.1 Å². The first-order valence-electron chi connectivity index (χ1n) is 6.46. The molecule has 0 aromatic carbocycles. The molecule has 2 aromatic rings. The van der Waals surface area contributed by atoms with Crippen LogP contribution in [0.2, 0.25) is 5.02 Å². The Labute approximate surface area is 127 Å². The highest BCUT2D eigenvalue weighted by Crippen LogP contribution is 2.15. The van der Waals surface area contributed by atoms with Crippen molar-refractivity contribution in [2.24, 2.45) is 7.05 Å². The summed E-state index contributed by atoms with van der Waals surface area (Å²) in [7, 11) is 5.71. The normalized spacial score (nSPS) is 11.1. The Morgan fingerprint density at radius 1 is 1.43 bits per heavy atom. The van der Waals surface area contributed by atoms with Crippen molar-refractivity contribution in [3.63, 3.8) is 0 Å². The average Bonchev–Trinajstić information content (AvgIpc) is 2.85. The van der Waals surface area contributed by atoms with Gasteiger partial charge in [0, 0.05) is 13.6 Å². The first kappa shape index (κ1) is 15.5. The number of halogens is 1. The molecule has 0 bridgehead atoms. The van der Waals surface area contributed by atoms with E-state index in [0.29, 0.717) is 18.8 Å². The lowest BCUT2D eigenvalue weighted by molar-refractivity contribution is 0.367. The van der Waals surface area contributed by atoms with Crippen LogP contribution in [0.4, 0.5) is 5.69 Å². The molecule has 2 rings (SSSR count). The second-order valence-corrected chi connectivity index (χ2v) is 5.29. The summed E-state index contributed by atoms with van der Waals surface area (Å²) in [6.45, 7) is 1.63. The molecular weight excluding hydrogens is 294 g/mol. The fourth-order valence-electron chi connectivity index (χ4n) is 1.68. The maximum absolute atomic E-state index is 12.1. The summed E-state index contributed by atoms with van der Waals surface area (Å²) in [6.07, 6.45) is 3.16. The van der Waals surface area contributed by atoms with E-state index in [0.717, 1.165) is 12.4 Å². The Morgan fingerprint density at radius 3 is 2.81 bits per heavy atom. The Bertz CT molecular complexity index is 664. The van der Waals surface area contributed by atoms with Crippen molar-refractivity contribution in [1.82, 2.24) is 29.4 Å². The predicted octanol–water partition coefficient (Wildman–Crippen LogP) is 0.199. The third kappa shape index (κ3) is 3.79. The molecule has 0 aliphatic carbocycles. The van der Waals surface area contributed by atoms with Gasteiger partial charge in [-0.25, -0.2) is 4.68 Å². The molecule has 0 saturated carbocycles. The van der Waals surface area contributed by atoms with E-state index in [9.17, 15) is 4.79 Å². The molecule has 0 amide bonds. The zero-order chi connectivity index (χ0) is 15.4. The van der Waals surface area contributed by atoms with Gasteiger partial charge in [-0.3, -0.25) is 4.79 Å². The number of nitrogens with one attached hydrogen (secondary N) is 1. The zero-order valence-corrected chi connectivity index (χ0v) is 13.0. The first-order valence-corrected chi connectivity index (χ1v) is 6.84. The molecule has 9 heteroatoms. The van der Waals surface area contributed by atoms with Crippen LogP contribution in [0.25, 0.3) is 0 Å². The van der Waals surface area contributed by atoms with Gasteiger partial charge in [0.05, 0.1) is 25.0 Å². The third-order valence-corrected chi connectivity index (χ3v) is 3.35. The van der Waals surface area contributed by atoms with Gasteiger partial charge >= 0.3 is 0 Å². The van der Waals surface area contributed by atoms with Gasteiger partial charge in [0.25, 0.3) is 5.56 Å². The number of rotatable bonds is 6. The second kappa shape index (κ2) is 6.68. The minimum atomic E-state index is -0.304. The van der Waals surface area contributed by atoms with E-state index in [1.807, 2.05) is 26.0 Å². The minimum Gasteiger partial charge on any atom is -0.375 e. The standard InChI is InChI=1S/C12H18ClN7O/c1-18(2)4-5-20-12(21)11(13)9(6-16-20)14-7-10-17-15-8-19(10)3/h6,8,14H,4-5,7H2,1-3H3. The molecule has 8 nitrogen and oxygen atoms in total. The molecule has 114 valence electrons. The predicted molar refractivity (Wildman–Crippen MR) is 80.4 cm³/mol. The molecule has 1 N–H and O–H groups in total.